The van der Waals surface area contributed by atoms with Gasteiger partial charge in [-0.1, -0.05) is 64.7 Å². The van der Waals surface area contributed by atoms with Crippen molar-refractivity contribution in [2.45, 2.75) is 71.1 Å². The number of methoxy groups -OCH3 is 1. The fourth-order valence-corrected chi connectivity index (χ4v) is 2.86. The molecule has 0 amide bonds. The minimum absolute atomic E-state index is 0.575. The van der Waals surface area contributed by atoms with Crippen LogP contribution in [0.1, 0.15) is 76.7 Å². The van der Waals surface area contributed by atoms with E-state index < -0.39 is 0 Å². The molecule has 0 radical (unpaired) electrons. The van der Waals surface area contributed by atoms with E-state index in [0.29, 0.717) is 5.11 Å². The average molecular weight is 378 g/mol. The highest BCUT2D eigenvalue weighted by Gasteiger charge is 1.95. The van der Waals surface area contributed by atoms with E-state index in [2.05, 4.69) is 22.8 Å². The number of thiocarbonyl (C=S) groups is 1. The highest BCUT2D eigenvalue weighted by Crippen LogP contribution is 2.10. The molecular weight excluding hydrogens is 342 g/mol. The lowest BCUT2D eigenvalue weighted by Crippen LogP contribution is -2.32. The summed E-state index contributed by atoms with van der Waals surface area (Å²) in [6.45, 7) is 3.17. The van der Waals surface area contributed by atoms with Gasteiger partial charge in [0.1, 0.15) is 5.75 Å². The number of ether oxygens (including phenoxy) is 1. The molecule has 0 heterocycles. The largest absolute Gasteiger partial charge is 0.497 e. The molecule has 1 aromatic rings. The summed E-state index contributed by atoms with van der Waals surface area (Å²) in [6, 6.07) is 7.71. The van der Waals surface area contributed by atoms with Gasteiger partial charge in [0.25, 0.3) is 0 Å². The van der Waals surface area contributed by atoms with Crippen LogP contribution in [0, 0.1) is 0 Å². The molecule has 0 aliphatic carbocycles. The molecule has 1 aromatic carbocycles. The Morgan fingerprint density at radius 3 is 2.12 bits per heavy atom. The minimum atomic E-state index is 0.575. The molecule has 146 valence electrons. The molecule has 1 rings (SSSR count). The molecule has 0 bridgehead atoms. The number of benzene rings is 1. The fourth-order valence-electron chi connectivity index (χ4n) is 2.71. The molecule has 0 aliphatic heterocycles. The van der Waals surface area contributed by atoms with Crippen LogP contribution in [-0.4, -0.2) is 25.0 Å². The normalized spacial score (nSPS) is 10.8. The molecule has 2 N–H and O–H groups in total. The molecular formula is C21H35N3OS. The SMILES string of the molecule is CCCCCCCCCCCCNC(=S)N/N=C\c1ccc(OC)cc1. The maximum atomic E-state index is 5.22. The summed E-state index contributed by atoms with van der Waals surface area (Å²) in [5, 5.41) is 7.92. The van der Waals surface area contributed by atoms with Gasteiger partial charge in [0.2, 0.25) is 0 Å². The first kappa shape index (κ1) is 22.4. The summed E-state index contributed by atoms with van der Waals surface area (Å²) in [4.78, 5) is 0. The lowest BCUT2D eigenvalue weighted by molar-refractivity contribution is 0.415. The standard InChI is InChI=1S/C21H35N3OS/c1-3-4-5-6-7-8-9-10-11-12-17-22-21(26)24-23-18-19-13-15-20(25-2)16-14-19/h13-16,18H,3-12,17H2,1-2H3,(H2,22,24,26)/b23-18-. The van der Waals surface area contributed by atoms with E-state index in [1.807, 2.05) is 24.3 Å². The third-order valence-corrected chi connectivity index (χ3v) is 4.55. The van der Waals surface area contributed by atoms with Crippen LogP contribution >= 0.6 is 12.2 Å². The lowest BCUT2D eigenvalue weighted by atomic mass is 10.1. The Hall–Kier alpha value is -1.62. The zero-order valence-corrected chi connectivity index (χ0v) is 17.2. The van der Waals surface area contributed by atoms with Gasteiger partial charge in [-0.15, -0.1) is 0 Å². The highest BCUT2D eigenvalue weighted by atomic mass is 32.1. The molecule has 0 unspecified atom stereocenters. The van der Waals surface area contributed by atoms with Gasteiger partial charge >= 0.3 is 0 Å². The number of rotatable bonds is 14. The van der Waals surface area contributed by atoms with E-state index in [1.54, 1.807) is 13.3 Å². The molecule has 5 heteroatoms. The molecule has 0 fully saturated rings. The van der Waals surface area contributed by atoms with Crippen LogP contribution in [0.5, 0.6) is 5.75 Å². The van der Waals surface area contributed by atoms with Crippen molar-refractivity contribution >= 4 is 23.5 Å². The predicted molar refractivity (Wildman–Crippen MR) is 116 cm³/mol. The van der Waals surface area contributed by atoms with Crippen molar-refractivity contribution in [3.63, 3.8) is 0 Å². The Morgan fingerprint density at radius 1 is 0.962 bits per heavy atom. The number of hydrazone groups is 1. The Labute approximate surface area is 164 Å². The Morgan fingerprint density at radius 2 is 1.54 bits per heavy atom. The summed E-state index contributed by atoms with van der Waals surface area (Å²) < 4.78 is 5.13. The molecule has 0 aromatic heterocycles. The minimum Gasteiger partial charge on any atom is -0.497 e. The number of hydrogen-bond donors (Lipinski definition) is 2. The maximum absolute atomic E-state index is 5.22. The quantitative estimate of drug-likeness (QED) is 0.197. The van der Waals surface area contributed by atoms with Gasteiger partial charge in [0, 0.05) is 6.54 Å². The average Bonchev–Trinajstić information content (AvgIpc) is 2.66. The van der Waals surface area contributed by atoms with E-state index in [4.69, 9.17) is 17.0 Å². The van der Waals surface area contributed by atoms with Crippen molar-refractivity contribution in [2.75, 3.05) is 13.7 Å². The second-order valence-corrected chi connectivity index (χ2v) is 6.99. The zero-order valence-electron chi connectivity index (χ0n) is 16.4. The van der Waals surface area contributed by atoms with Gasteiger partial charge in [-0.05, 0) is 48.5 Å². The van der Waals surface area contributed by atoms with Crippen LogP contribution in [-0.2, 0) is 0 Å². The van der Waals surface area contributed by atoms with Crippen LogP contribution in [0.15, 0.2) is 29.4 Å². The van der Waals surface area contributed by atoms with E-state index in [9.17, 15) is 0 Å². The van der Waals surface area contributed by atoms with Crippen molar-refractivity contribution in [3.05, 3.63) is 29.8 Å². The van der Waals surface area contributed by atoms with Crippen molar-refractivity contribution in [1.82, 2.24) is 10.7 Å². The first-order valence-corrected chi connectivity index (χ1v) is 10.4. The lowest BCUT2D eigenvalue weighted by Gasteiger charge is -2.07. The summed E-state index contributed by atoms with van der Waals surface area (Å²) >= 11 is 5.22. The van der Waals surface area contributed by atoms with Crippen molar-refractivity contribution in [2.24, 2.45) is 5.10 Å². The molecule has 0 atom stereocenters. The number of hydrogen-bond acceptors (Lipinski definition) is 3. The number of nitrogens with one attached hydrogen (secondary N) is 2. The Balaban J connectivity index is 1.95. The number of unbranched alkanes of at least 4 members (excludes halogenated alkanes) is 9. The van der Waals surface area contributed by atoms with Gasteiger partial charge in [0.05, 0.1) is 13.3 Å². The van der Waals surface area contributed by atoms with E-state index >= 15 is 0 Å². The highest BCUT2D eigenvalue weighted by molar-refractivity contribution is 7.80. The van der Waals surface area contributed by atoms with E-state index in [1.165, 1.54) is 57.8 Å². The third kappa shape index (κ3) is 11.9. The first-order valence-electron chi connectivity index (χ1n) is 9.97. The van der Waals surface area contributed by atoms with Gasteiger partial charge in [-0.3, -0.25) is 5.43 Å². The van der Waals surface area contributed by atoms with Gasteiger partial charge in [-0.25, -0.2) is 0 Å². The van der Waals surface area contributed by atoms with Gasteiger partial charge in [-0.2, -0.15) is 5.10 Å². The molecule has 0 saturated heterocycles. The fraction of sp³-hybridized carbons (Fsp3) is 0.619. The van der Waals surface area contributed by atoms with Crippen LogP contribution in [0.25, 0.3) is 0 Å². The predicted octanol–water partition coefficient (Wildman–Crippen LogP) is 5.41. The van der Waals surface area contributed by atoms with Crippen molar-refractivity contribution in [1.29, 1.82) is 0 Å². The molecule has 0 spiro atoms. The topological polar surface area (TPSA) is 45.7 Å². The van der Waals surface area contributed by atoms with Crippen LogP contribution in [0.4, 0.5) is 0 Å². The molecule has 4 nitrogen and oxygen atoms in total. The monoisotopic (exact) mass is 377 g/mol. The van der Waals surface area contributed by atoms with E-state index in [-0.39, 0.29) is 0 Å². The van der Waals surface area contributed by atoms with Crippen LogP contribution in [0.3, 0.4) is 0 Å². The summed E-state index contributed by atoms with van der Waals surface area (Å²) in [5.74, 6) is 0.837. The summed E-state index contributed by atoms with van der Waals surface area (Å²) in [5.41, 5.74) is 3.85. The summed E-state index contributed by atoms with van der Waals surface area (Å²) in [7, 11) is 1.66. The molecule has 0 aliphatic rings. The smallest absolute Gasteiger partial charge is 0.186 e. The van der Waals surface area contributed by atoms with Crippen molar-refractivity contribution in [3.8, 4) is 5.75 Å². The number of nitrogens with zero attached hydrogens (tertiary/aromatic N) is 1. The van der Waals surface area contributed by atoms with E-state index in [0.717, 1.165) is 24.3 Å². The molecule has 0 saturated carbocycles. The van der Waals surface area contributed by atoms with Crippen LogP contribution in [0.2, 0.25) is 0 Å². The summed E-state index contributed by atoms with van der Waals surface area (Å²) in [6.07, 6.45) is 15.2. The second kappa shape index (κ2) is 15.6. The van der Waals surface area contributed by atoms with Crippen LogP contribution < -0.4 is 15.5 Å². The van der Waals surface area contributed by atoms with Crippen molar-refractivity contribution < 1.29 is 4.74 Å². The maximum Gasteiger partial charge on any atom is 0.186 e. The van der Waals surface area contributed by atoms with Gasteiger partial charge < -0.3 is 10.1 Å². The first-order chi connectivity index (χ1) is 12.8. The molecule has 26 heavy (non-hydrogen) atoms. The second-order valence-electron chi connectivity index (χ2n) is 6.58. The Bertz CT molecular complexity index is 502. The zero-order chi connectivity index (χ0) is 18.9. The van der Waals surface area contributed by atoms with Gasteiger partial charge in [0.15, 0.2) is 5.11 Å². The Kier molecular flexibility index (Phi) is 13.5. The third-order valence-electron chi connectivity index (χ3n) is 4.31.